The molecule has 0 unspecified atom stereocenters. The van der Waals surface area contributed by atoms with E-state index in [4.69, 9.17) is 0 Å². The second-order valence-electron chi connectivity index (χ2n) is 5.21. The van der Waals surface area contributed by atoms with Gasteiger partial charge in [-0.15, -0.1) is 0 Å². The second kappa shape index (κ2) is 4.77. The van der Waals surface area contributed by atoms with E-state index >= 15 is 0 Å². The number of nitrogens with one attached hydrogen (secondary N) is 1. The maximum absolute atomic E-state index is 12.7. The van der Waals surface area contributed by atoms with E-state index in [1.807, 2.05) is 24.3 Å². The minimum atomic E-state index is -0.641. The molecule has 2 aliphatic rings. The van der Waals surface area contributed by atoms with Gasteiger partial charge in [-0.1, -0.05) is 12.8 Å². The van der Waals surface area contributed by atoms with E-state index in [-0.39, 0.29) is 18.4 Å². The van der Waals surface area contributed by atoms with Gasteiger partial charge in [0.1, 0.15) is 12.1 Å². The van der Waals surface area contributed by atoms with E-state index in [0.717, 1.165) is 34.9 Å². The Hall–Kier alpha value is -1.11. The molecule has 0 atom stereocenters. The Morgan fingerprint density at radius 3 is 2.37 bits per heavy atom. The summed E-state index contributed by atoms with van der Waals surface area (Å²) in [5, 5.41) is 2.92. The number of carbonyl (C=O) groups excluding carboxylic acids is 2. The largest absolute Gasteiger partial charge is 0.340 e. The number of anilines is 1. The van der Waals surface area contributed by atoms with Gasteiger partial charge in [-0.25, -0.2) is 0 Å². The van der Waals surface area contributed by atoms with Gasteiger partial charge in [0.25, 0.3) is 5.91 Å². The van der Waals surface area contributed by atoms with Crippen molar-refractivity contribution in [3.05, 3.63) is 27.8 Å². The first-order valence-electron chi connectivity index (χ1n) is 6.49. The van der Waals surface area contributed by atoms with Crippen LogP contribution in [0.4, 0.5) is 5.69 Å². The summed E-state index contributed by atoms with van der Waals surface area (Å²) >= 11 is 2.23. The zero-order valence-corrected chi connectivity index (χ0v) is 12.6. The van der Waals surface area contributed by atoms with Crippen molar-refractivity contribution in [2.24, 2.45) is 0 Å². The van der Waals surface area contributed by atoms with Crippen LogP contribution >= 0.6 is 22.6 Å². The first-order valence-corrected chi connectivity index (χ1v) is 7.57. The number of hydrogen-bond donors (Lipinski definition) is 1. The summed E-state index contributed by atoms with van der Waals surface area (Å²) in [6.07, 6.45) is 3.54. The average Bonchev–Trinajstić information content (AvgIpc) is 2.84. The normalized spacial score (nSPS) is 21.8. The Morgan fingerprint density at radius 1 is 1.11 bits per heavy atom. The van der Waals surface area contributed by atoms with Crippen molar-refractivity contribution < 1.29 is 9.59 Å². The quantitative estimate of drug-likeness (QED) is 0.770. The maximum Gasteiger partial charge on any atom is 0.253 e. The third-order valence-electron chi connectivity index (χ3n) is 3.93. The first-order chi connectivity index (χ1) is 9.11. The first kappa shape index (κ1) is 12.9. The lowest BCUT2D eigenvalue weighted by atomic mass is 9.92. The van der Waals surface area contributed by atoms with Crippen LogP contribution in [0.3, 0.4) is 0 Å². The highest BCUT2D eigenvalue weighted by atomic mass is 127. The molecule has 1 heterocycles. The Labute approximate surface area is 125 Å². The van der Waals surface area contributed by atoms with Gasteiger partial charge in [-0.05, 0) is 59.7 Å². The fourth-order valence-electron chi connectivity index (χ4n) is 2.98. The molecule has 5 heteroatoms. The summed E-state index contributed by atoms with van der Waals surface area (Å²) in [6.45, 7) is 0.126. The molecular formula is C14H15IN2O2. The highest BCUT2D eigenvalue weighted by Gasteiger charge is 2.48. The van der Waals surface area contributed by atoms with Crippen LogP contribution in [0.2, 0.25) is 0 Å². The van der Waals surface area contributed by atoms with Crippen molar-refractivity contribution in [1.29, 1.82) is 0 Å². The van der Waals surface area contributed by atoms with Crippen molar-refractivity contribution in [3.8, 4) is 0 Å². The Morgan fingerprint density at radius 2 is 1.74 bits per heavy atom. The van der Waals surface area contributed by atoms with E-state index < -0.39 is 5.54 Å². The van der Waals surface area contributed by atoms with Crippen LogP contribution in [-0.4, -0.2) is 23.9 Å². The molecule has 1 spiro atoms. The van der Waals surface area contributed by atoms with Gasteiger partial charge >= 0.3 is 0 Å². The number of amides is 2. The second-order valence-corrected chi connectivity index (χ2v) is 6.45. The molecule has 100 valence electrons. The fraction of sp³-hybridized carbons (Fsp3) is 0.429. The summed E-state index contributed by atoms with van der Waals surface area (Å²) in [7, 11) is 0. The number of halogens is 1. The molecule has 0 aromatic heterocycles. The van der Waals surface area contributed by atoms with Crippen molar-refractivity contribution >= 4 is 40.1 Å². The molecule has 0 radical (unpaired) electrons. The Bertz CT molecular complexity index is 521. The molecule has 1 aromatic carbocycles. The Balaban J connectivity index is 1.94. The van der Waals surface area contributed by atoms with Crippen LogP contribution in [0.15, 0.2) is 24.3 Å². The lowest BCUT2D eigenvalue weighted by Gasteiger charge is -2.39. The molecule has 1 saturated heterocycles. The maximum atomic E-state index is 12.7. The van der Waals surface area contributed by atoms with E-state index in [2.05, 4.69) is 27.9 Å². The van der Waals surface area contributed by atoms with Gasteiger partial charge in [-0.3, -0.25) is 9.59 Å². The van der Waals surface area contributed by atoms with Crippen LogP contribution < -0.4 is 10.2 Å². The van der Waals surface area contributed by atoms with Crippen molar-refractivity contribution in [2.75, 3.05) is 11.4 Å². The van der Waals surface area contributed by atoms with Gasteiger partial charge < -0.3 is 10.2 Å². The van der Waals surface area contributed by atoms with E-state index in [9.17, 15) is 9.59 Å². The summed E-state index contributed by atoms with van der Waals surface area (Å²) in [4.78, 5) is 26.2. The smallest absolute Gasteiger partial charge is 0.253 e. The molecule has 1 aromatic rings. The third-order valence-corrected chi connectivity index (χ3v) is 4.65. The van der Waals surface area contributed by atoms with Gasteiger partial charge in [-0.2, -0.15) is 0 Å². The SMILES string of the molecule is O=C1CN(c2ccc(I)cc2)C(=O)C2(CCCC2)N1. The summed E-state index contributed by atoms with van der Waals surface area (Å²) in [6, 6.07) is 7.72. The minimum absolute atomic E-state index is 0.0470. The zero-order valence-electron chi connectivity index (χ0n) is 10.5. The molecule has 1 aliphatic carbocycles. The van der Waals surface area contributed by atoms with E-state index in [0.29, 0.717) is 0 Å². The van der Waals surface area contributed by atoms with Crippen LogP contribution in [0.5, 0.6) is 0 Å². The predicted molar refractivity (Wildman–Crippen MR) is 80.9 cm³/mol. The lowest BCUT2D eigenvalue weighted by Crippen LogP contribution is -2.65. The van der Waals surface area contributed by atoms with Crippen LogP contribution in [-0.2, 0) is 9.59 Å². The lowest BCUT2D eigenvalue weighted by molar-refractivity contribution is -0.135. The highest BCUT2D eigenvalue weighted by Crippen LogP contribution is 2.34. The number of nitrogens with zero attached hydrogens (tertiary/aromatic N) is 1. The molecule has 0 bridgehead atoms. The number of rotatable bonds is 1. The van der Waals surface area contributed by atoms with Gasteiger partial charge in [0, 0.05) is 9.26 Å². The van der Waals surface area contributed by atoms with Gasteiger partial charge in [0.05, 0.1) is 0 Å². The standard InChI is InChI=1S/C14H15IN2O2/c15-10-3-5-11(6-4-10)17-9-12(18)16-14(13(17)19)7-1-2-8-14/h3-6H,1-2,7-9H2,(H,16,18). The highest BCUT2D eigenvalue weighted by molar-refractivity contribution is 14.1. The van der Waals surface area contributed by atoms with E-state index in [1.165, 1.54) is 0 Å². The van der Waals surface area contributed by atoms with E-state index in [1.54, 1.807) is 4.90 Å². The molecule has 2 amide bonds. The van der Waals surface area contributed by atoms with Crippen LogP contribution in [0, 0.1) is 3.57 Å². The van der Waals surface area contributed by atoms with Gasteiger partial charge in [0.15, 0.2) is 0 Å². The topological polar surface area (TPSA) is 49.4 Å². The molecule has 1 aliphatic heterocycles. The van der Waals surface area contributed by atoms with Crippen molar-refractivity contribution in [2.45, 2.75) is 31.2 Å². The zero-order chi connectivity index (χ0) is 13.5. The fourth-order valence-corrected chi connectivity index (χ4v) is 3.34. The summed E-state index contributed by atoms with van der Waals surface area (Å²) in [5.74, 6) is -0.00846. The molecule has 2 fully saturated rings. The molecule has 19 heavy (non-hydrogen) atoms. The summed E-state index contributed by atoms with van der Waals surface area (Å²) in [5.41, 5.74) is 0.171. The average molecular weight is 370 g/mol. The summed E-state index contributed by atoms with van der Waals surface area (Å²) < 4.78 is 1.12. The monoisotopic (exact) mass is 370 g/mol. The Kier molecular flexibility index (Phi) is 3.24. The molecule has 1 N–H and O–H groups in total. The number of carbonyl (C=O) groups is 2. The van der Waals surface area contributed by atoms with Crippen LogP contribution in [0.1, 0.15) is 25.7 Å². The molecule has 4 nitrogen and oxygen atoms in total. The molecule has 1 saturated carbocycles. The van der Waals surface area contributed by atoms with Crippen molar-refractivity contribution in [3.63, 3.8) is 0 Å². The molecular weight excluding hydrogens is 355 g/mol. The van der Waals surface area contributed by atoms with Crippen molar-refractivity contribution in [1.82, 2.24) is 5.32 Å². The number of hydrogen-bond acceptors (Lipinski definition) is 2. The third kappa shape index (κ3) is 2.24. The predicted octanol–water partition coefficient (Wildman–Crippen LogP) is 2.07. The van der Waals surface area contributed by atoms with Gasteiger partial charge in [0.2, 0.25) is 5.91 Å². The number of benzene rings is 1. The minimum Gasteiger partial charge on any atom is -0.340 e. The number of piperazine rings is 1. The molecule has 3 rings (SSSR count). The van der Waals surface area contributed by atoms with Crippen LogP contribution in [0.25, 0.3) is 0 Å².